The number of carboxylic acids is 1. The Morgan fingerprint density at radius 3 is 2.55 bits per heavy atom. The Hall–Kier alpha value is -1.88. The minimum Gasteiger partial charge on any atom is -0.480 e. The van der Waals surface area contributed by atoms with Gasteiger partial charge in [0.25, 0.3) is 0 Å². The number of fused-ring (bicyclic) bond motifs is 1. The lowest BCUT2D eigenvalue weighted by Crippen LogP contribution is -2.49. The number of carboxylic acid groups (broad SMARTS) is 1. The lowest BCUT2D eigenvalue weighted by atomic mass is 9.93. The van der Waals surface area contributed by atoms with Gasteiger partial charge in [-0.25, -0.2) is 4.79 Å². The van der Waals surface area contributed by atoms with E-state index in [2.05, 4.69) is 0 Å². The number of carbonyl (C=O) groups is 2. The van der Waals surface area contributed by atoms with E-state index in [0.29, 0.717) is 25.9 Å². The second-order valence-corrected chi connectivity index (χ2v) is 5.40. The van der Waals surface area contributed by atoms with Gasteiger partial charge in [0.15, 0.2) is 0 Å². The van der Waals surface area contributed by atoms with Gasteiger partial charge in [-0.05, 0) is 25.2 Å². The molecule has 0 saturated heterocycles. The maximum absolute atomic E-state index is 12.3. The number of rotatable bonds is 4. The highest BCUT2D eigenvalue weighted by molar-refractivity contribution is 5.84. The van der Waals surface area contributed by atoms with Gasteiger partial charge in [-0.15, -0.1) is 0 Å². The van der Waals surface area contributed by atoms with Gasteiger partial charge in [0.05, 0.1) is 0 Å². The van der Waals surface area contributed by atoms with Crippen LogP contribution in [-0.2, 0) is 22.6 Å². The van der Waals surface area contributed by atoms with Gasteiger partial charge in [-0.1, -0.05) is 24.3 Å². The predicted octanol–water partition coefficient (Wildman–Crippen LogP) is 0.976. The summed E-state index contributed by atoms with van der Waals surface area (Å²) >= 11 is 0. The highest BCUT2D eigenvalue weighted by Crippen LogP contribution is 2.24. The van der Waals surface area contributed by atoms with E-state index in [0.717, 1.165) is 11.1 Å². The molecule has 0 fully saturated rings. The van der Waals surface area contributed by atoms with Crippen molar-refractivity contribution in [3.05, 3.63) is 35.4 Å². The number of amides is 1. The Labute approximate surface area is 118 Å². The minimum absolute atomic E-state index is 0.0967. The van der Waals surface area contributed by atoms with Crippen LogP contribution in [0.25, 0.3) is 0 Å². The highest BCUT2D eigenvalue weighted by atomic mass is 16.4. The first-order valence-electron chi connectivity index (χ1n) is 6.73. The molecule has 0 bridgehead atoms. The Kier molecular flexibility index (Phi) is 4.39. The molecule has 0 unspecified atom stereocenters. The first-order valence-corrected chi connectivity index (χ1v) is 6.73. The van der Waals surface area contributed by atoms with Crippen molar-refractivity contribution in [1.82, 2.24) is 9.80 Å². The third-order valence-corrected chi connectivity index (χ3v) is 3.63. The Morgan fingerprint density at radius 2 is 1.95 bits per heavy atom. The largest absolute Gasteiger partial charge is 0.480 e. The van der Waals surface area contributed by atoms with E-state index in [1.165, 1.54) is 4.90 Å². The standard InChI is InChI=1S/C15H20N2O3/c1-16(2)8-7-14(18)17-10-12-6-4-3-5-11(12)9-13(17)15(19)20/h3-6,13H,7-10H2,1-2H3,(H,19,20)/t13-/m0/s1. The van der Waals surface area contributed by atoms with E-state index < -0.39 is 12.0 Å². The summed E-state index contributed by atoms with van der Waals surface area (Å²) in [5, 5.41) is 9.36. The van der Waals surface area contributed by atoms with E-state index in [9.17, 15) is 14.7 Å². The molecular weight excluding hydrogens is 256 g/mol. The summed E-state index contributed by atoms with van der Waals surface area (Å²) in [7, 11) is 3.79. The smallest absolute Gasteiger partial charge is 0.326 e. The molecule has 1 aliphatic heterocycles. The number of nitrogens with zero attached hydrogens (tertiary/aromatic N) is 2. The SMILES string of the molecule is CN(C)CCC(=O)N1Cc2ccccc2C[C@H]1C(=O)O. The minimum atomic E-state index is -0.933. The fourth-order valence-electron chi connectivity index (χ4n) is 2.47. The fraction of sp³-hybridized carbons (Fsp3) is 0.467. The number of hydrogen-bond donors (Lipinski definition) is 1. The molecule has 0 saturated carbocycles. The molecule has 20 heavy (non-hydrogen) atoms. The Balaban J connectivity index is 2.18. The average Bonchev–Trinajstić information content (AvgIpc) is 2.43. The van der Waals surface area contributed by atoms with E-state index in [1.54, 1.807) is 0 Å². The van der Waals surface area contributed by atoms with Crippen LogP contribution in [0, 0.1) is 0 Å². The van der Waals surface area contributed by atoms with E-state index >= 15 is 0 Å². The van der Waals surface area contributed by atoms with Crippen LogP contribution >= 0.6 is 0 Å². The average molecular weight is 276 g/mol. The molecule has 0 spiro atoms. The fourth-order valence-corrected chi connectivity index (χ4v) is 2.47. The first kappa shape index (κ1) is 14.5. The summed E-state index contributed by atoms with van der Waals surface area (Å²) in [6, 6.07) is 6.97. The summed E-state index contributed by atoms with van der Waals surface area (Å²) in [6.45, 7) is 1.02. The van der Waals surface area contributed by atoms with Crippen molar-refractivity contribution >= 4 is 11.9 Å². The molecule has 108 valence electrons. The predicted molar refractivity (Wildman–Crippen MR) is 75.3 cm³/mol. The van der Waals surface area contributed by atoms with Crippen molar-refractivity contribution < 1.29 is 14.7 Å². The molecule has 5 heteroatoms. The van der Waals surface area contributed by atoms with Crippen LogP contribution in [0.1, 0.15) is 17.5 Å². The molecule has 1 N–H and O–H groups in total. The van der Waals surface area contributed by atoms with Crippen molar-refractivity contribution in [2.75, 3.05) is 20.6 Å². The van der Waals surface area contributed by atoms with Gasteiger partial charge >= 0.3 is 5.97 Å². The van der Waals surface area contributed by atoms with Crippen LogP contribution in [0.3, 0.4) is 0 Å². The molecule has 5 nitrogen and oxygen atoms in total. The quantitative estimate of drug-likeness (QED) is 0.890. The number of benzene rings is 1. The van der Waals surface area contributed by atoms with Crippen LogP contribution in [0.5, 0.6) is 0 Å². The maximum atomic E-state index is 12.3. The number of aliphatic carboxylic acids is 1. The zero-order valence-corrected chi connectivity index (χ0v) is 11.9. The highest BCUT2D eigenvalue weighted by Gasteiger charge is 2.33. The zero-order chi connectivity index (χ0) is 14.7. The molecule has 1 amide bonds. The van der Waals surface area contributed by atoms with Crippen LogP contribution in [0.2, 0.25) is 0 Å². The molecule has 1 aliphatic rings. The molecule has 0 aromatic heterocycles. The van der Waals surface area contributed by atoms with E-state index in [1.807, 2.05) is 43.3 Å². The van der Waals surface area contributed by atoms with Crippen molar-refractivity contribution in [1.29, 1.82) is 0 Å². The third kappa shape index (κ3) is 3.17. The first-order chi connectivity index (χ1) is 9.49. The Bertz CT molecular complexity index is 514. The number of hydrogen-bond acceptors (Lipinski definition) is 3. The van der Waals surface area contributed by atoms with Crippen LogP contribution in [-0.4, -0.2) is 53.5 Å². The van der Waals surface area contributed by atoms with E-state index in [4.69, 9.17) is 0 Å². The van der Waals surface area contributed by atoms with Crippen molar-refractivity contribution in [2.24, 2.45) is 0 Å². The Morgan fingerprint density at radius 1 is 1.30 bits per heavy atom. The second kappa shape index (κ2) is 6.05. The summed E-state index contributed by atoms with van der Waals surface area (Å²) in [4.78, 5) is 27.1. The van der Waals surface area contributed by atoms with Gasteiger partial charge in [-0.3, -0.25) is 4.79 Å². The van der Waals surface area contributed by atoms with Crippen molar-refractivity contribution in [2.45, 2.75) is 25.4 Å². The normalized spacial score (nSPS) is 17.9. The molecule has 0 radical (unpaired) electrons. The molecular formula is C15H20N2O3. The lowest BCUT2D eigenvalue weighted by molar-refractivity contribution is -0.151. The topological polar surface area (TPSA) is 60.9 Å². The second-order valence-electron chi connectivity index (χ2n) is 5.40. The molecule has 1 aromatic rings. The summed E-state index contributed by atoms with van der Waals surface area (Å²) in [5.74, 6) is -1.03. The van der Waals surface area contributed by atoms with Crippen LogP contribution < -0.4 is 0 Å². The van der Waals surface area contributed by atoms with Crippen molar-refractivity contribution in [3.8, 4) is 0 Å². The van der Waals surface area contributed by atoms with Gasteiger partial charge in [0.2, 0.25) is 5.91 Å². The van der Waals surface area contributed by atoms with Gasteiger partial charge < -0.3 is 14.9 Å². The molecule has 0 aliphatic carbocycles. The van der Waals surface area contributed by atoms with E-state index in [-0.39, 0.29) is 5.91 Å². The van der Waals surface area contributed by atoms with Gasteiger partial charge in [0.1, 0.15) is 6.04 Å². The zero-order valence-electron chi connectivity index (χ0n) is 11.9. The summed E-state index contributed by atoms with van der Waals surface area (Å²) in [6.07, 6.45) is 0.734. The number of carbonyl (C=O) groups excluding carboxylic acids is 1. The van der Waals surface area contributed by atoms with Gasteiger partial charge in [-0.2, -0.15) is 0 Å². The van der Waals surface area contributed by atoms with Crippen LogP contribution in [0.4, 0.5) is 0 Å². The summed E-state index contributed by atoms with van der Waals surface area (Å²) in [5.41, 5.74) is 2.07. The maximum Gasteiger partial charge on any atom is 0.326 e. The molecule has 1 heterocycles. The summed E-state index contributed by atoms with van der Waals surface area (Å²) < 4.78 is 0. The molecule has 2 rings (SSSR count). The van der Waals surface area contributed by atoms with Crippen LogP contribution in [0.15, 0.2) is 24.3 Å². The van der Waals surface area contributed by atoms with Crippen molar-refractivity contribution in [3.63, 3.8) is 0 Å². The monoisotopic (exact) mass is 276 g/mol. The molecule has 1 atom stereocenters. The molecule has 1 aromatic carbocycles. The third-order valence-electron chi connectivity index (χ3n) is 3.63. The lowest BCUT2D eigenvalue weighted by Gasteiger charge is -2.34. The van der Waals surface area contributed by atoms with Gasteiger partial charge in [0, 0.05) is 25.9 Å².